The Morgan fingerprint density at radius 1 is 0.907 bits per heavy atom. The largest absolute Gasteiger partial charge is 0.497 e. The number of fused-ring (bicyclic) bond motifs is 2. The second kappa shape index (κ2) is 11.4. The van der Waals surface area contributed by atoms with Gasteiger partial charge in [0, 0.05) is 16.5 Å². The highest BCUT2D eigenvalue weighted by Crippen LogP contribution is 2.42. The molecule has 0 N–H and O–H groups in total. The van der Waals surface area contributed by atoms with Crippen LogP contribution in [0, 0.1) is 17.8 Å². The number of Topliss-reactive ketones (excluding diaryl/α,β-unsaturated/α-hetero) is 1. The van der Waals surface area contributed by atoms with Crippen molar-refractivity contribution in [1.29, 1.82) is 0 Å². The molecular formula is C35H32N2O6. The zero-order valence-corrected chi connectivity index (χ0v) is 24.3. The lowest BCUT2D eigenvalue weighted by atomic mass is 9.76. The van der Waals surface area contributed by atoms with Crippen molar-refractivity contribution in [2.45, 2.75) is 39.2 Å². The molecule has 8 nitrogen and oxygen atoms in total. The highest BCUT2D eigenvalue weighted by molar-refractivity contribution is 6.22. The van der Waals surface area contributed by atoms with Crippen molar-refractivity contribution in [3.63, 3.8) is 0 Å². The molecule has 1 aromatic heterocycles. The second-order valence-electron chi connectivity index (χ2n) is 11.4. The van der Waals surface area contributed by atoms with E-state index in [1.807, 2.05) is 12.1 Å². The van der Waals surface area contributed by atoms with Gasteiger partial charge in [-0.25, -0.2) is 9.78 Å². The molecule has 218 valence electrons. The minimum Gasteiger partial charge on any atom is -0.497 e. The number of hydrogen-bond acceptors (Lipinski definition) is 7. The number of anilines is 1. The standard InChI is InChI=1S/C35H32N2O6/c1-20-8-17-27-28(18-20)34(40)37(33(27)39)24-13-9-22(10-14-24)31-19-29(26-6-4-5-7-30(26)36-31)35(41)43-21(2)32(38)23-11-15-25(42-3)16-12-23/h4-7,9-16,19-21,27-28H,8,17-18H2,1-3H3/t20-,21+,27-,28-/m1/s1. The van der Waals surface area contributed by atoms with Crippen LogP contribution < -0.4 is 9.64 Å². The van der Waals surface area contributed by atoms with E-state index in [-0.39, 0.29) is 35.0 Å². The Morgan fingerprint density at radius 3 is 2.33 bits per heavy atom. The number of hydrogen-bond donors (Lipinski definition) is 0. The summed E-state index contributed by atoms with van der Waals surface area (Å²) >= 11 is 0. The van der Waals surface area contributed by atoms with Crippen molar-refractivity contribution >= 4 is 40.2 Å². The molecule has 0 radical (unpaired) electrons. The molecule has 4 atom stereocenters. The number of amides is 2. The van der Waals surface area contributed by atoms with E-state index in [9.17, 15) is 19.2 Å². The number of pyridine rings is 1. The zero-order chi connectivity index (χ0) is 30.2. The molecule has 2 aliphatic rings. The Morgan fingerprint density at radius 2 is 1.60 bits per heavy atom. The van der Waals surface area contributed by atoms with Crippen LogP contribution in [0.4, 0.5) is 5.69 Å². The molecule has 0 bridgehead atoms. The van der Waals surface area contributed by atoms with Crippen LogP contribution in [0.2, 0.25) is 0 Å². The molecule has 1 aliphatic heterocycles. The number of ether oxygens (including phenoxy) is 2. The number of aromatic nitrogens is 1. The molecule has 43 heavy (non-hydrogen) atoms. The fourth-order valence-corrected chi connectivity index (χ4v) is 6.19. The van der Waals surface area contributed by atoms with Crippen LogP contribution in [-0.4, -0.2) is 41.8 Å². The highest BCUT2D eigenvalue weighted by atomic mass is 16.5. The quantitative estimate of drug-likeness (QED) is 0.145. The monoisotopic (exact) mass is 576 g/mol. The number of ketones is 1. The van der Waals surface area contributed by atoms with E-state index in [1.54, 1.807) is 80.8 Å². The fourth-order valence-electron chi connectivity index (χ4n) is 6.19. The SMILES string of the molecule is COc1ccc(C(=O)[C@H](C)OC(=O)c2cc(-c3ccc(N4C(=O)[C@@H]5CC[C@@H](C)C[C@H]5C4=O)cc3)nc3ccccc23)cc1. The van der Waals surface area contributed by atoms with Crippen LogP contribution in [0.3, 0.4) is 0 Å². The predicted octanol–water partition coefficient (Wildman–Crippen LogP) is 6.26. The minimum atomic E-state index is -1.02. The molecule has 2 amide bonds. The molecule has 1 saturated heterocycles. The van der Waals surface area contributed by atoms with Gasteiger partial charge in [0.05, 0.1) is 41.4 Å². The summed E-state index contributed by atoms with van der Waals surface area (Å²) < 4.78 is 10.8. The van der Waals surface area contributed by atoms with E-state index < -0.39 is 12.1 Å². The van der Waals surface area contributed by atoms with Crippen molar-refractivity contribution in [2.24, 2.45) is 17.8 Å². The Hall–Kier alpha value is -4.85. The number of rotatable bonds is 7. The van der Waals surface area contributed by atoms with E-state index in [0.717, 1.165) is 19.3 Å². The first-order chi connectivity index (χ1) is 20.7. The first-order valence-corrected chi connectivity index (χ1v) is 14.5. The number of esters is 1. The van der Waals surface area contributed by atoms with Gasteiger partial charge in [-0.15, -0.1) is 0 Å². The molecule has 2 fully saturated rings. The maximum atomic E-state index is 13.4. The zero-order valence-electron chi connectivity index (χ0n) is 24.3. The predicted molar refractivity (Wildman–Crippen MR) is 162 cm³/mol. The fraction of sp³-hybridized carbons (Fsp3) is 0.286. The van der Waals surface area contributed by atoms with Crippen molar-refractivity contribution in [3.8, 4) is 17.0 Å². The molecule has 0 unspecified atom stereocenters. The van der Waals surface area contributed by atoms with E-state index in [0.29, 0.717) is 45.1 Å². The van der Waals surface area contributed by atoms with Crippen LogP contribution in [0.25, 0.3) is 22.2 Å². The molecule has 8 heteroatoms. The van der Waals surface area contributed by atoms with Crippen LogP contribution in [-0.2, 0) is 14.3 Å². The van der Waals surface area contributed by atoms with E-state index in [4.69, 9.17) is 14.5 Å². The van der Waals surface area contributed by atoms with Gasteiger partial charge in [-0.05, 0) is 80.6 Å². The number of carbonyl (C=O) groups is 4. The first kappa shape index (κ1) is 28.3. The average molecular weight is 577 g/mol. The highest BCUT2D eigenvalue weighted by Gasteiger charge is 2.49. The van der Waals surface area contributed by atoms with Gasteiger partial charge in [0.1, 0.15) is 5.75 Å². The molecule has 6 rings (SSSR count). The summed E-state index contributed by atoms with van der Waals surface area (Å²) in [4.78, 5) is 58.8. The summed E-state index contributed by atoms with van der Waals surface area (Å²) in [5.41, 5.74) is 3.04. The van der Waals surface area contributed by atoms with Crippen LogP contribution in [0.15, 0.2) is 78.9 Å². The van der Waals surface area contributed by atoms with Gasteiger partial charge in [0.15, 0.2) is 6.10 Å². The van der Waals surface area contributed by atoms with Crippen LogP contribution in [0.1, 0.15) is 53.8 Å². The Balaban J connectivity index is 1.26. The van der Waals surface area contributed by atoms with Crippen molar-refractivity contribution < 1.29 is 28.7 Å². The average Bonchev–Trinajstić information content (AvgIpc) is 3.28. The van der Waals surface area contributed by atoms with Crippen LogP contribution in [0.5, 0.6) is 5.75 Å². The molecule has 2 heterocycles. The first-order valence-electron chi connectivity index (χ1n) is 14.5. The summed E-state index contributed by atoms with van der Waals surface area (Å²) in [5.74, 6) is -0.645. The van der Waals surface area contributed by atoms with Crippen molar-refractivity contribution in [3.05, 3.63) is 90.0 Å². The van der Waals surface area contributed by atoms with Gasteiger partial charge in [0.2, 0.25) is 17.6 Å². The molecule has 3 aromatic carbocycles. The Labute approximate surface area is 249 Å². The number of methoxy groups -OCH3 is 1. The van der Waals surface area contributed by atoms with Gasteiger partial charge < -0.3 is 9.47 Å². The molecule has 1 saturated carbocycles. The summed E-state index contributed by atoms with van der Waals surface area (Å²) in [6, 6.07) is 22.6. The van der Waals surface area contributed by atoms with Gasteiger partial charge in [0.25, 0.3) is 0 Å². The number of nitrogens with zero attached hydrogens (tertiary/aromatic N) is 2. The van der Waals surface area contributed by atoms with E-state index in [2.05, 4.69) is 6.92 Å². The Kier molecular flexibility index (Phi) is 7.52. The summed E-state index contributed by atoms with van der Waals surface area (Å²) in [7, 11) is 1.55. The Bertz CT molecular complexity index is 1730. The summed E-state index contributed by atoms with van der Waals surface area (Å²) in [6.45, 7) is 3.68. The molecule has 0 spiro atoms. The molecular weight excluding hydrogens is 544 g/mol. The van der Waals surface area contributed by atoms with Crippen molar-refractivity contribution in [2.75, 3.05) is 12.0 Å². The lowest BCUT2D eigenvalue weighted by molar-refractivity contribution is -0.122. The van der Waals surface area contributed by atoms with Gasteiger partial charge in [-0.2, -0.15) is 0 Å². The third-order valence-electron chi connectivity index (χ3n) is 8.57. The van der Waals surface area contributed by atoms with E-state index >= 15 is 0 Å². The number of benzene rings is 3. The molecule has 1 aliphatic carbocycles. The normalized spacial score (nSPS) is 20.5. The van der Waals surface area contributed by atoms with Crippen LogP contribution >= 0.6 is 0 Å². The second-order valence-corrected chi connectivity index (χ2v) is 11.4. The third-order valence-corrected chi connectivity index (χ3v) is 8.57. The maximum absolute atomic E-state index is 13.4. The molecule has 4 aromatic rings. The van der Waals surface area contributed by atoms with Crippen molar-refractivity contribution in [1.82, 2.24) is 4.98 Å². The lowest BCUT2D eigenvalue weighted by Gasteiger charge is -2.25. The number of para-hydroxylation sites is 1. The minimum absolute atomic E-state index is 0.123. The third kappa shape index (κ3) is 5.29. The van der Waals surface area contributed by atoms with Gasteiger partial charge in [-0.1, -0.05) is 37.3 Å². The number of carbonyl (C=O) groups excluding carboxylic acids is 4. The maximum Gasteiger partial charge on any atom is 0.339 e. The summed E-state index contributed by atoms with van der Waals surface area (Å²) in [5, 5.41) is 0.599. The summed E-state index contributed by atoms with van der Waals surface area (Å²) in [6.07, 6.45) is 1.43. The topological polar surface area (TPSA) is 103 Å². The van der Waals surface area contributed by atoms with E-state index in [1.165, 1.54) is 4.90 Å². The number of imide groups is 1. The lowest BCUT2D eigenvalue weighted by Crippen LogP contribution is -2.30. The smallest absolute Gasteiger partial charge is 0.339 e. The van der Waals surface area contributed by atoms with Gasteiger partial charge in [-0.3, -0.25) is 19.3 Å². The van der Waals surface area contributed by atoms with Gasteiger partial charge >= 0.3 is 5.97 Å².